The number of carbonyl (C=O) groups is 2. The van der Waals surface area contributed by atoms with Gasteiger partial charge < -0.3 is 10.6 Å². The van der Waals surface area contributed by atoms with Gasteiger partial charge in [0, 0.05) is 18.0 Å². The zero-order chi connectivity index (χ0) is 16.8. The number of hydrogen-bond donors (Lipinski definition) is 1. The number of carbonyl (C=O) groups excluding carboxylic acids is 2. The number of hydrogen-bond acceptors (Lipinski definition) is 2. The number of nitrogens with zero attached hydrogens (tertiary/aromatic N) is 1. The average molecular weight is 310 g/mol. The van der Waals surface area contributed by atoms with Crippen LogP contribution < -0.4 is 5.73 Å². The molecule has 0 aromatic heterocycles. The Labute approximate surface area is 136 Å². The molecule has 0 aliphatic heterocycles. The topological polar surface area (TPSA) is 63.4 Å². The fraction of sp³-hybridized carbons (Fsp3) is 0.263. The van der Waals surface area contributed by atoms with E-state index in [1.165, 1.54) is 0 Å². The van der Waals surface area contributed by atoms with Gasteiger partial charge in [-0.05, 0) is 31.5 Å². The van der Waals surface area contributed by atoms with Crippen molar-refractivity contribution in [3.63, 3.8) is 0 Å². The first kappa shape index (κ1) is 16.7. The van der Waals surface area contributed by atoms with Crippen LogP contribution in [0.4, 0.5) is 0 Å². The third kappa shape index (κ3) is 4.19. The summed E-state index contributed by atoms with van der Waals surface area (Å²) in [6, 6.07) is 17.8. The van der Waals surface area contributed by atoms with Crippen LogP contribution in [-0.4, -0.2) is 28.8 Å². The first-order valence-corrected chi connectivity index (χ1v) is 7.71. The quantitative estimate of drug-likeness (QED) is 0.891. The summed E-state index contributed by atoms with van der Waals surface area (Å²) >= 11 is 0. The Morgan fingerprint density at radius 2 is 1.48 bits per heavy atom. The summed E-state index contributed by atoms with van der Waals surface area (Å²) in [6.07, 6.45) is 0.410. The Bertz CT molecular complexity index is 654. The van der Waals surface area contributed by atoms with Crippen LogP contribution in [0.5, 0.6) is 0 Å². The smallest absolute Gasteiger partial charge is 0.254 e. The van der Waals surface area contributed by atoms with Crippen LogP contribution in [0.25, 0.3) is 0 Å². The maximum Gasteiger partial charge on any atom is 0.254 e. The molecule has 0 saturated carbocycles. The van der Waals surface area contributed by atoms with Gasteiger partial charge in [0.05, 0.1) is 0 Å². The highest BCUT2D eigenvalue weighted by atomic mass is 16.2. The van der Waals surface area contributed by atoms with Crippen molar-refractivity contribution in [1.29, 1.82) is 0 Å². The molecule has 0 aliphatic carbocycles. The monoisotopic (exact) mass is 310 g/mol. The van der Waals surface area contributed by atoms with E-state index in [0.717, 1.165) is 5.56 Å². The second kappa shape index (κ2) is 7.58. The molecular weight excluding hydrogens is 288 g/mol. The fourth-order valence-corrected chi connectivity index (χ4v) is 2.64. The Kier molecular flexibility index (Phi) is 5.52. The van der Waals surface area contributed by atoms with Gasteiger partial charge in [-0.25, -0.2) is 0 Å². The molecule has 0 bridgehead atoms. The van der Waals surface area contributed by atoms with Crippen LogP contribution >= 0.6 is 0 Å². The van der Waals surface area contributed by atoms with Crippen molar-refractivity contribution in [2.75, 3.05) is 0 Å². The molecule has 2 N–H and O–H groups in total. The Hall–Kier alpha value is -2.62. The van der Waals surface area contributed by atoms with Crippen LogP contribution in [0.1, 0.15) is 29.8 Å². The molecular formula is C19H22N2O2. The molecule has 0 radical (unpaired) electrons. The van der Waals surface area contributed by atoms with E-state index in [1.54, 1.807) is 17.0 Å². The van der Waals surface area contributed by atoms with E-state index in [-0.39, 0.29) is 11.9 Å². The molecule has 4 nitrogen and oxygen atoms in total. The van der Waals surface area contributed by atoms with Crippen molar-refractivity contribution in [2.45, 2.75) is 32.4 Å². The first-order valence-electron chi connectivity index (χ1n) is 7.71. The van der Waals surface area contributed by atoms with E-state index in [2.05, 4.69) is 0 Å². The van der Waals surface area contributed by atoms with Crippen LogP contribution in [0.2, 0.25) is 0 Å². The molecule has 23 heavy (non-hydrogen) atoms. The van der Waals surface area contributed by atoms with Gasteiger partial charge >= 0.3 is 0 Å². The highest BCUT2D eigenvalue weighted by Crippen LogP contribution is 2.16. The van der Waals surface area contributed by atoms with Gasteiger partial charge in [-0.15, -0.1) is 0 Å². The van der Waals surface area contributed by atoms with Crippen molar-refractivity contribution >= 4 is 11.8 Å². The minimum atomic E-state index is -0.676. The second-order valence-electron chi connectivity index (χ2n) is 5.78. The van der Waals surface area contributed by atoms with Gasteiger partial charge in [0.15, 0.2) is 0 Å². The molecule has 0 saturated heterocycles. The minimum absolute atomic E-state index is 0.135. The van der Waals surface area contributed by atoms with Gasteiger partial charge in [0.25, 0.3) is 5.91 Å². The molecule has 0 aliphatic rings. The SMILES string of the molecule is CC(C)N(C(=O)c1ccccc1)C(Cc1ccccc1)C(N)=O. The van der Waals surface area contributed by atoms with Gasteiger partial charge in [0.1, 0.15) is 6.04 Å². The third-order valence-corrected chi connectivity index (χ3v) is 3.75. The average Bonchev–Trinajstić information content (AvgIpc) is 2.55. The van der Waals surface area contributed by atoms with E-state index < -0.39 is 11.9 Å². The molecule has 0 heterocycles. The van der Waals surface area contributed by atoms with Crippen LogP contribution in [0, 0.1) is 0 Å². The number of primary amides is 1. The predicted molar refractivity (Wildman–Crippen MR) is 90.9 cm³/mol. The summed E-state index contributed by atoms with van der Waals surface area (Å²) in [6.45, 7) is 3.78. The Morgan fingerprint density at radius 1 is 0.957 bits per heavy atom. The number of nitrogens with two attached hydrogens (primary N) is 1. The molecule has 0 spiro atoms. The van der Waals surface area contributed by atoms with Gasteiger partial charge in [-0.1, -0.05) is 48.5 Å². The largest absolute Gasteiger partial charge is 0.368 e. The van der Waals surface area contributed by atoms with Gasteiger partial charge in [-0.2, -0.15) is 0 Å². The maximum absolute atomic E-state index is 12.8. The minimum Gasteiger partial charge on any atom is -0.368 e. The van der Waals surface area contributed by atoms with Crippen LogP contribution in [0.15, 0.2) is 60.7 Å². The fourth-order valence-electron chi connectivity index (χ4n) is 2.64. The highest BCUT2D eigenvalue weighted by molar-refractivity contribution is 5.97. The van der Waals surface area contributed by atoms with E-state index in [1.807, 2.05) is 62.4 Å². The van der Waals surface area contributed by atoms with Crippen molar-refractivity contribution in [1.82, 2.24) is 4.90 Å². The van der Waals surface area contributed by atoms with Crippen LogP contribution in [-0.2, 0) is 11.2 Å². The van der Waals surface area contributed by atoms with Gasteiger partial charge in [-0.3, -0.25) is 9.59 Å². The lowest BCUT2D eigenvalue weighted by Crippen LogP contribution is -2.52. The summed E-state index contributed by atoms with van der Waals surface area (Å²) in [5, 5.41) is 0. The van der Waals surface area contributed by atoms with E-state index in [0.29, 0.717) is 12.0 Å². The molecule has 1 atom stereocenters. The van der Waals surface area contributed by atoms with Crippen molar-refractivity contribution in [3.8, 4) is 0 Å². The van der Waals surface area contributed by atoms with Crippen molar-refractivity contribution in [3.05, 3.63) is 71.8 Å². The molecule has 0 fully saturated rings. The molecule has 2 aromatic rings. The lowest BCUT2D eigenvalue weighted by Gasteiger charge is -2.33. The molecule has 2 amide bonds. The summed E-state index contributed by atoms with van der Waals surface area (Å²) < 4.78 is 0. The zero-order valence-electron chi connectivity index (χ0n) is 13.5. The van der Waals surface area contributed by atoms with E-state index in [9.17, 15) is 9.59 Å². The number of benzene rings is 2. The number of amides is 2. The molecule has 4 heteroatoms. The molecule has 120 valence electrons. The summed E-state index contributed by atoms with van der Waals surface area (Å²) in [5.74, 6) is -0.674. The number of rotatable bonds is 6. The Balaban J connectivity index is 2.32. The maximum atomic E-state index is 12.8. The van der Waals surface area contributed by atoms with Gasteiger partial charge in [0.2, 0.25) is 5.91 Å². The lowest BCUT2D eigenvalue weighted by molar-refractivity contribution is -0.123. The predicted octanol–water partition coefficient (Wildman–Crippen LogP) is 2.63. The summed E-state index contributed by atoms with van der Waals surface area (Å²) in [4.78, 5) is 26.4. The summed E-state index contributed by atoms with van der Waals surface area (Å²) in [7, 11) is 0. The normalized spacial score (nSPS) is 12.0. The molecule has 1 unspecified atom stereocenters. The third-order valence-electron chi connectivity index (χ3n) is 3.75. The van der Waals surface area contributed by atoms with E-state index >= 15 is 0 Å². The Morgan fingerprint density at radius 3 is 1.96 bits per heavy atom. The lowest BCUT2D eigenvalue weighted by atomic mass is 10.0. The first-order chi connectivity index (χ1) is 11.0. The van der Waals surface area contributed by atoms with Crippen molar-refractivity contribution < 1.29 is 9.59 Å². The van der Waals surface area contributed by atoms with Crippen molar-refractivity contribution in [2.24, 2.45) is 5.73 Å². The van der Waals surface area contributed by atoms with Crippen LogP contribution in [0.3, 0.4) is 0 Å². The molecule has 2 aromatic carbocycles. The second-order valence-corrected chi connectivity index (χ2v) is 5.78. The van der Waals surface area contributed by atoms with E-state index in [4.69, 9.17) is 5.73 Å². The molecule has 2 rings (SSSR count). The summed E-state index contributed by atoms with van der Waals surface area (Å²) in [5.41, 5.74) is 7.14. The highest BCUT2D eigenvalue weighted by Gasteiger charge is 2.31. The standard InChI is InChI=1S/C19H22N2O2/c1-14(2)21(19(23)16-11-7-4-8-12-16)17(18(20)22)13-15-9-5-3-6-10-15/h3-12,14,17H,13H2,1-2H3,(H2,20,22). The zero-order valence-corrected chi connectivity index (χ0v) is 13.5.